The number of methoxy groups -OCH3 is 1. The molecular weight excluding hydrogens is 328 g/mol. The van der Waals surface area contributed by atoms with E-state index < -0.39 is 11.0 Å². The lowest BCUT2D eigenvalue weighted by atomic mass is 9.48. The summed E-state index contributed by atoms with van der Waals surface area (Å²) in [7, 11) is 1.49. The summed E-state index contributed by atoms with van der Waals surface area (Å²) in [6, 6.07) is 0. The Bertz CT molecular complexity index is 569. The van der Waals surface area contributed by atoms with Gasteiger partial charge in [-0.1, -0.05) is 26.7 Å². The maximum Gasteiger partial charge on any atom is 0.311 e. The first-order chi connectivity index (χ1) is 12.4. The standard InChI is InChI=1S/C22H34O4/c1-4-14-7-17(5-2)18(8-14)19(23)26-22-11-15-6-16(12-22)10-21(9-15,13-22)20(24)25-3/h14-18H,4-13H2,1-3H3. The quantitative estimate of drug-likeness (QED) is 0.676. The molecular formula is C22H34O4. The van der Waals surface area contributed by atoms with E-state index in [-0.39, 0.29) is 17.9 Å². The van der Waals surface area contributed by atoms with Gasteiger partial charge in [0.2, 0.25) is 0 Å². The molecule has 5 unspecified atom stereocenters. The molecule has 0 heterocycles. The van der Waals surface area contributed by atoms with Gasteiger partial charge in [-0.05, 0) is 68.6 Å². The molecule has 4 nitrogen and oxygen atoms in total. The summed E-state index contributed by atoms with van der Waals surface area (Å²) in [5.74, 6) is 2.16. The number of esters is 2. The van der Waals surface area contributed by atoms with Gasteiger partial charge in [-0.3, -0.25) is 9.59 Å². The lowest BCUT2D eigenvalue weighted by molar-refractivity contribution is -0.214. The molecule has 0 aliphatic heterocycles. The highest BCUT2D eigenvalue weighted by molar-refractivity contribution is 5.78. The third kappa shape index (κ3) is 2.88. The molecule has 146 valence electrons. The largest absolute Gasteiger partial charge is 0.469 e. The van der Waals surface area contributed by atoms with E-state index in [1.54, 1.807) is 0 Å². The van der Waals surface area contributed by atoms with Crippen LogP contribution in [0.4, 0.5) is 0 Å². The fourth-order valence-corrected chi connectivity index (χ4v) is 7.36. The highest BCUT2D eigenvalue weighted by atomic mass is 16.6. The minimum absolute atomic E-state index is 0.0229. The second-order valence-electron chi connectivity index (χ2n) is 9.86. The zero-order chi connectivity index (χ0) is 18.5. The summed E-state index contributed by atoms with van der Waals surface area (Å²) >= 11 is 0. The smallest absolute Gasteiger partial charge is 0.311 e. The topological polar surface area (TPSA) is 52.6 Å². The molecule has 4 heteroatoms. The van der Waals surface area contributed by atoms with Gasteiger partial charge in [0.1, 0.15) is 5.60 Å². The number of hydrogen-bond acceptors (Lipinski definition) is 4. The van der Waals surface area contributed by atoms with Crippen LogP contribution in [-0.2, 0) is 19.1 Å². The molecule has 0 saturated heterocycles. The highest BCUT2D eigenvalue weighted by Crippen LogP contribution is 2.63. The molecule has 0 aromatic rings. The van der Waals surface area contributed by atoms with Crippen LogP contribution in [0.25, 0.3) is 0 Å². The van der Waals surface area contributed by atoms with E-state index in [0.717, 1.165) is 51.4 Å². The number of ether oxygens (including phenoxy) is 2. The Morgan fingerprint density at radius 1 is 0.962 bits per heavy atom. The summed E-state index contributed by atoms with van der Waals surface area (Å²) in [5, 5.41) is 0. The Hall–Kier alpha value is -1.06. The highest BCUT2D eigenvalue weighted by Gasteiger charge is 2.63. The Morgan fingerprint density at radius 2 is 1.65 bits per heavy atom. The van der Waals surface area contributed by atoms with Crippen LogP contribution >= 0.6 is 0 Å². The second kappa shape index (κ2) is 6.53. The van der Waals surface area contributed by atoms with Crippen molar-refractivity contribution in [1.29, 1.82) is 0 Å². The maximum atomic E-state index is 13.2. The average molecular weight is 363 g/mol. The van der Waals surface area contributed by atoms with E-state index in [2.05, 4.69) is 13.8 Å². The Labute approximate surface area is 157 Å². The first-order valence-corrected chi connectivity index (χ1v) is 10.7. The molecule has 5 aliphatic rings. The summed E-state index contributed by atoms with van der Waals surface area (Å²) in [4.78, 5) is 25.7. The molecule has 5 fully saturated rings. The molecule has 5 saturated carbocycles. The minimum atomic E-state index is -0.405. The van der Waals surface area contributed by atoms with Crippen LogP contribution in [-0.4, -0.2) is 24.6 Å². The first-order valence-electron chi connectivity index (χ1n) is 10.7. The Balaban J connectivity index is 1.52. The molecule has 0 radical (unpaired) electrons. The third-order valence-electron chi connectivity index (χ3n) is 8.14. The average Bonchev–Trinajstić information content (AvgIpc) is 3.03. The van der Waals surface area contributed by atoms with Crippen LogP contribution in [0.1, 0.15) is 78.1 Å². The zero-order valence-corrected chi connectivity index (χ0v) is 16.6. The zero-order valence-electron chi connectivity index (χ0n) is 16.6. The summed E-state index contributed by atoms with van der Waals surface area (Å²) < 4.78 is 11.5. The van der Waals surface area contributed by atoms with Crippen molar-refractivity contribution in [3.63, 3.8) is 0 Å². The summed E-state index contributed by atoms with van der Waals surface area (Å²) in [6.45, 7) is 4.42. The van der Waals surface area contributed by atoms with Crippen LogP contribution in [0.3, 0.4) is 0 Å². The number of carbonyl (C=O) groups is 2. The monoisotopic (exact) mass is 362 g/mol. The maximum absolute atomic E-state index is 13.2. The summed E-state index contributed by atoms with van der Waals surface area (Å²) in [5.41, 5.74) is -0.803. The second-order valence-corrected chi connectivity index (χ2v) is 9.86. The van der Waals surface area contributed by atoms with Gasteiger partial charge in [-0.25, -0.2) is 0 Å². The van der Waals surface area contributed by atoms with Crippen molar-refractivity contribution in [3.05, 3.63) is 0 Å². The molecule has 5 atom stereocenters. The predicted molar refractivity (Wildman–Crippen MR) is 98.2 cm³/mol. The molecule has 0 N–H and O–H groups in total. The van der Waals surface area contributed by atoms with E-state index >= 15 is 0 Å². The molecule has 26 heavy (non-hydrogen) atoms. The lowest BCUT2D eigenvalue weighted by Crippen LogP contribution is -2.60. The van der Waals surface area contributed by atoms with Gasteiger partial charge in [0.15, 0.2) is 0 Å². The van der Waals surface area contributed by atoms with Crippen LogP contribution in [0.15, 0.2) is 0 Å². The molecule has 4 bridgehead atoms. The van der Waals surface area contributed by atoms with Gasteiger partial charge in [0.05, 0.1) is 18.4 Å². The van der Waals surface area contributed by atoms with Crippen molar-refractivity contribution < 1.29 is 19.1 Å². The SMILES string of the molecule is CCC1CC(CC)C(C(=O)OC23CC4CC(C2)CC(C(=O)OC)(C4)C3)C1. The number of hydrogen-bond donors (Lipinski definition) is 0. The van der Waals surface area contributed by atoms with Crippen LogP contribution in [0.2, 0.25) is 0 Å². The molecule has 0 spiro atoms. The van der Waals surface area contributed by atoms with E-state index in [4.69, 9.17) is 9.47 Å². The Kier molecular flexibility index (Phi) is 4.60. The minimum Gasteiger partial charge on any atom is -0.469 e. The van der Waals surface area contributed by atoms with Gasteiger partial charge in [-0.2, -0.15) is 0 Å². The molecule has 5 aliphatic carbocycles. The Morgan fingerprint density at radius 3 is 2.23 bits per heavy atom. The van der Waals surface area contributed by atoms with Crippen LogP contribution in [0, 0.1) is 35.0 Å². The normalized spacial score (nSPS) is 46.3. The van der Waals surface area contributed by atoms with Gasteiger partial charge in [0, 0.05) is 6.42 Å². The van der Waals surface area contributed by atoms with Gasteiger partial charge >= 0.3 is 11.9 Å². The van der Waals surface area contributed by atoms with Gasteiger partial charge < -0.3 is 9.47 Å². The van der Waals surface area contributed by atoms with Gasteiger partial charge in [0.25, 0.3) is 0 Å². The number of rotatable bonds is 5. The molecule has 0 amide bonds. The van der Waals surface area contributed by atoms with Crippen molar-refractivity contribution in [1.82, 2.24) is 0 Å². The first kappa shape index (κ1) is 18.3. The van der Waals surface area contributed by atoms with Crippen molar-refractivity contribution in [2.75, 3.05) is 7.11 Å². The third-order valence-corrected chi connectivity index (χ3v) is 8.14. The van der Waals surface area contributed by atoms with Crippen molar-refractivity contribution in [2.24, 2.45) is 35.0 Å². The fraction of sp³-hybridized carbons (Fsp3) is 0.909. The van der Waals surface area contributed by atoms with Crippen molar-refractivity contribution in [2.45, 2.75) is 83.7 Å². The van der Waals surface area contributed by atoms with Crippen LogP contribution < -0.4 is 0 Å². The predicted octanol–water partition coefficient (Wildman–Crippen LogP) is 4.50. The lowest BCUT2D eigenvalue weighted by Gasteiger charge is -2.59. The fourth-order valence-electron chi connectivity index (χ4n) is 7.36. The van der Waals surface area contributed by atoms with E-state index in [9.17, 15) is 9.59 Å². The van der Waals surface area contributed by atoms with E-state index in [0.29, 0.717) is 30.1 Å². The van der Waals surface area contributed by atoms with Crippen LogP contribution in [0.5, 0.6) is 0 Å². The molecule has 0 aromatic heterocycles. The molecule has 5 rings (SSSR count). The van der Waals surface area contributed by atoms with Crippen molar-refractivity contribution in [3.8, 4) is 0 Å². The van der Waals surface area contributed by atoms with E-state index in [1.165, 1.54) is 13.5 Å². The molecule has 0 aromatic carbocycles. The number of carbonyl (C=O) groups excluding carboxylic acids is 2. The van der Waals surface area contributed by atoms with Crippen molar-refractivity contribution >= 4 is 11.9 Å². The van der Waals surface area contributed by atoms with Gasteiger partial charge in [-0.15, -0.1) is 0 Å². The van der Waals surface area contributed by atoms with E-state index in [1.807, 2.05) is 0 Å². The summed E-state index contributed by atoms with van der Waals surface area (Å²) in [6.07, 6.45) is 9.99.